The van der Waals surface area contributed by atoms with Gasteiger partial charge in [0.1, 0.15) is 0 Å². The van der Waals surface area contributed by atoms with Crippen LogP contribution in [0.15, 0.2) is 47.0 Å². The van der Waals surface area contributed by atoms with Gasteiger partial charge in [-0.15, -0.1) is 0 Å². The lowest BCUT2D eigenvalue weighted by atomic mass is 9.95. The van der Waals surface area contributed by atoms with Crippen LogP contribution >= 0.6 is 15.9 Å². The van der Waals surface area contributed by atoms with Crippen LogP contribution in [0.3, 0.4) is 0 Å². The molecule has 0 radical (unpaired) electrons. The van der Waals surface area contributed by atoms with Crippen molar-refractivity contribution >= 4 is 33.1 Å². The number of allylic oxidation sites excluding steroid dienone is 4. The van der Waals surface area contributed by atoms with Crippen LogP contribution in [0.25, 0.3) is 5.57 Å². The molecule has 0 bridgehead atoms. The zero-order valence-corrected chi connectivity index (χ0v) is 9.32. The van der Waals surface area contributed by atoms with Crippen molar-refractivity contribution in [2.45, 2.75) is 0 Å². The van der Waals surface area contributed by atoms with Gasteiger partial charge in [0.05, 0.1) is 0 Å². The molecule has 0 amide bonds. The number of benzene rings is 1. The quantitative estimate of drug-likeness (QED) is 0.576. The van der Waals surface area contributed by atoms with Crippen LogP contribution in [-0.4, -0.2) is 11.6 Å². The molecule has 0 saturated heterocycles. The molecule has 1 aliphatic rings. The Morgan fingerprint density at radius 1 is 1.00 bits per heavy atom. The van der Waals surface area contributed by atoms with Gasteiger partial charge >= 0.3 is 0 Å². The first-order valence-corrected chi connectivity index (χ1v) is 5.21. The summed E-state index contributed by atoms with van der Waals surface area (Å²) in [7, 11) is 0. The first-order chi connectivity index (χ1) is 7.18. The highest BCUT2D eigenvalue weighted by Gasteiger charge is 2.19. The van der Waals surface area contributed by atoms with Crippen molar-refractivity contribution in [3.63, 3.8) is 0 Å². The fraction of sp³-hybridized carbons (Fsp3) is 0. The monoisotopic (exact) mass is 262 g/mol. The number of carbonyl (C=O) groups is 2. The van der Waals surface area contributed by atoms with Gasteiger partial charge in [0.15, 0.2) is 0 Å². The summed E-state index contributed by atoms with van der Waals surface area (Å²) in [5.74, 6) is -0.907. The second kappa shape index (κ2) is 3.95. The van der Waals surface area contributed by atoms with E-state index in [0.717, 1.165) is 10.0 Å². The number of hydrogen-bond donors (Lipinski definition) is 0. The Bertz CT molecular complexity index is 481. The molecule has 0 saturated carbocycles. The Morgan fingerprint density at radius 3 is 2.33 bits per heavy atom. The molecule has 0 atom stereocenters. The molecule has 0 unspecified atom stereocenters. The van der Waals surface area contributed by atoms with Crippen molar-refractivity contribution in [2.24, 2.45) is 0 Å². The molecule has 74 valence electrons. The van der Waals surface area contributed by atoms with Crippen molar-refractivity contribution in [3.05, 3.63) is 52.5 Å². The Hall–Kier alpha value is -1.48. The molecule has 0 spiro atoms. The van der Waals surface area contributed by atoms with Crippen molar-refractivity contribution < 1.29 is 9.59 Å². The number of rotatable bonds is 1. The third-order valence-electron chi connectivity index (χ3n) is 2.13. The molecular weight excluding hydrogens is 256 g/mol. The lowest BCUT2D eigenvalue weighted by Crippen LogP contribution is -2.15. The number of Topliss-reactive ketones (excluding diaryl/α,β-unsaturated/α-hetero) is 1. The van der Waals surface area contributed by atoms with Gasteiger partial charge in [0.25, 0.3) is 0 Å². The molecule has 2 rings (SSSR count). The highest BCUT2D eigenvalue weighted by Crippen LogP contribution is 2.21. The van der Waals surface area contributed by atoms with Crippen molar-refractivity contribution in [3.8, 4) is 0 Å². The molecule has 1 aliphatic carbocycles. The Labute approximate surface area is 95.4 Å². The minimum atomic E-state index is -0.463. The van der Waals surface area contributed by atoms with Gasteiger partial charge in [-0.1, -0.05) is 40.2 Å². The van der Waals surface area contributed by atoms with E-state index in [4.69, 9.17) is 0 Å². The molecule has 0 aromatic heterocycles. The summed E-state index contributed by atoms with van der Waals surface area (Å²) in [4.78, 5) is 22.7. The third-order valence-corrected chi connectivity index (χ3v) is 2.66. The van der Waals surface area contributed by atoms with E-state index < -0.39 is 11.6 Å². The van der Waals surface area contributed by atoms with Crippen LogP contribution in [0.1, 0.15) is 5.56 Å². The predicted octanol–water partition coefficient (Wildman–Crippen LogP) is 2.54. The molecule has 1 aromatic carbocycles. The van der Waals surface area contributed by atoms with E-state index in [1.165, 1.54) is 6.08 Å². The van der Waals surface area contributed by atoms with Gasteiger partial charge in [-0.2, -0.15) is 0 Å². The zero-order chi connectivity index (χ0) is 10.8. The fourth-order valence-corrected chi connectivity index (χ4v) is 1.64. The minimum absolute atomic E-state index is 0.445. The van der Waals surface area contributed by atoms with Crippen LogP contribution in [0.4, 0.5) is 0 Å². The number of halogens is 1. The summed E-state index contributed by atoms with van der Waals surface area (Å²) in [6, 6.07) is 7.29. The summed E-state index contributed by atoms with van der Waals surface area (Å²) in [6.45, 7) is 0. The smallest absolute Gasteiger partial charge is 0.233 e. The maximum absolute atomic E-state index is 11.5. The molecule has 3 heteroatoms. The number of ketones is 2. The summed E-state index contributed by atoms with van der Waals surface area (Å²) < 4.78 is 0.942. The Balaban J connectivity index is 2.43. The van der Waals surface area contributed by atoms with E-state index in [0.29, 0.717) is 5.57 Å². The van der Waals surface area contributed by atoms with Gasteiger partial charge in [-0.3, -0.25) is 9.59 Å². The predicted molar refractivity (Wildman–Crippen MR) is 61.3 cm³/mol. The summed E-state index contributed by atoms with van der Waals surface area (Å²) in [5.41, 5.74) is 1.22. The topological polar surface area (TPSA) is 34.1 Å². The number of hydrogen-bond acceptors (Lipinski definition) is 2. The van der Waals surface area contributed by atoms with E-state index in [2.05, 4.69) is 15.9 Å². The van der Waals surface area contributed by atoms with E-state index in [1.54, 1.807) is 24.3 Å². The summed E-state index contributed by atoms with van der Waals surface area (Å²) in [6.07, 6.45) is 4.54. The van der Waals surface area contributed by atoms with E-state index in [1.807, 2.05) is 12.1 Å². The summed E-state index contributed by atoms with van der Waals surface area (Å²) in [5, 5.41) is 0. The van der Waals surface area contributed by atoms with Gasteiger partial charge in [-0.25, -0.2) is 0 Å². The van der Waals surface area contributed by atoms with E-state index in [9.17, 15) is 9.59 Å². The van der Waals surface area contributed by atoms with E-state index >= 15 is 0 Å². The standard InChI is InChI=1S/C12H7BrO2/c13-9-6-4-8(5-7-9)10-2-1-3-11(14)12(10)15/h1-7H. The maximum Gasteiger partial charge on any atom is 0.233 e. The van der Waals surface area contributed by atoms with Crippen molar-refractivity contribution in [1.82, 2.24) is 0 Å². The fourth-order valence-electron chi connectivity index (χ4n) is 1.37. The van der Waals surface area contributed by atoms with E-state index in [-0.39, 0.29) is 0 Å². The van der Waals surface area contributed by atoms with Crippen molar-refractivity contribution in [1.29, 1.82) is 0 Å². The average molecular weight is 263 g/mol. The molecule has 0 aliphatic heterocycles. The van der Waals surface area contributed by atoms with Gasteiger partial charge < -0.3 is 0 Å². The molecular formula is C12H7BrO2. The molecule has 0 heterocycles. The SMILES string of the molecule is O=C1C=CC=C(c2ccc(Br)cc2)C1=O. The normalized spacial score (nSPS) is 15.4. The second-order valence-corrected chi connectivity index (χ2v) is 4.06. The molecule has 0 N–H and O–H groups in total. The van der Waals surface area contributed by atoms with Crippen LogP contribution < -0.4 is 0 Å². The van der Waals surface area contributed by atoms with Crippen LogP contribution in [-0.2, 0) is 9.59 Å². The van der Waals surface area contributed by atoms with Crippen LogP contribution in [0.2, 0.25) is 0 Å². The third kappa shape index (κ3) is 1.97. The maximum atomic E-state index is 11.5. The largest absolute Gasteiger partial charge is 0.286 e. The van der Waals surface area contributed by atoms with Gasteiger partial charge in [0, 0.05) is 10.0 Å². The first kappa shape index (κ1) is 10.1. The number of carbonyl (C=O) groups excluding carboxylic acids is 2. The van der Waals surface area contributed by atoms with Crippen LogP contribution in [0, 0.1) is 0 Å². The highest BCUT2D eigenvalue weighted by atomic mass is 79.9. The summed E-state index contributed by atoms with van der Waals surface area (Å²) >= 11 is 3.31. The molecule has 2 nitrogen and oxygen atoms in total. The minimum Gasteiger partial charge on any atom is -0.286 e. The molecule has 0 fully saturated rings. The van der Waals surface area contributed by atoms with Crippen molar-refractivity contribution in [2.75, 3.05) is 0 Å². The van der Waals surface area contributed by atoms with Gasteiger partial charge in [-0.05, 0) is 23.8 Å². The first-order valence-electron chi connectivity index (χ1n) is 4.41. The highest BCUT2D eigenvalue weighted by molar-refractivity contribution is 9.10. The molecule has 15 heavy (non-hydrogen) atoms. The van der Waals surface area contributed by atoms with Crippen LogP contribution in [0.5, 0.6) is 0 Å². The van der Waals surface area contributed by atoms with Gasteiger partial charge in [0.2, 0.25) is 11.6 Å². The second-order valence-electron chi connectivity index (χ2n) is 3.14. The Kier molecular flexibility index (Phi) is 2.64. The lowest BCUT2D eigenvalue weighted by Gasteiger charge is -2.06. The Morgan fingerprint density at radius 2 is 1.67 bits per heavy atom. The lowest BCUT2D eigenvalue weighted by molar-refractivity contribution is -0.130. The molecule has 1 aromatic rings. The average Bonchev–Trinajstić information content (AvgIpc) is 2.24. The zero-order valence-electron chi connectivity index (χ0n) is 7.74.